The molecular formula is C13H12IN3O2S. The van der Waals surface area contributed by atoms with Crippen LogP contribution in [0.2, 0.25) is 0 Å². The van der Waals surface area contributed by atoms with Gasteiger partial charge in [0.15, 0.2) is 5.82 Å². The molecule has 0 saturated carbocycles. The Morgan fingerprint density at radius 3 is 2.75 bits per heavy atom. The number of fused-ring (bicyclic) bond motifs is 1. The molecule has 7 heteroatoms. The Morgan fingerprint density at radius 2 is 2.00 bits per heavy atom. The Hall–Kier alpha value is -1.35. The van der Waals surface area contributed by atoms with Gasteiger partial charge in [0.25, 0.3) is 10.0 Å². The Kier molecular flexibility index (Phi) is 3.55. The van der Waals surface area contributed by atoms with Crippen LogP contribution in [0, 0.1) is 3.57 Å². The van der Waals surface area contributed by atoms with E-state index < -0.39 is 10.0 Å². The second-order valence-electron chi connectivity index (χ2n) is 4.34. The van der Waals surface area contributed by atoms with Crippen molar-refractivity contribution in [3.05, 3.63) is 46.2 Å². The molecule has 1 aliphatic heterocycles. The zero-order valence-electron chi connectivity index (χ0n) is 10.5. The summed E-state index contributed by atoms with van der Waals surface area (Å²) >= 11 is 2.13. The maximum atomic E-state index is 12.7. The van der Waals surface area contributed by atoms with Crippen LogP contribution in [-0.2, 0) is 10.0 Å². The van der Waals surface area contributed by atoms with Crippen molar-refractivity contribution in [1.29, 1.82) is 0 Å². The summed E-state index contributed by atoms with van der Waals surface area (Å²) in [7, 11) is -3.54. The van der Waals surface area contributed by atoms with Gasteiger partial charge in [0.05, 0.1) is 17.1 Å². The van der Waals surface area contributed by atoms with Crippen LogP contribution in [0.1, 0.15) is 0 Å². The minimum Gasteiger partial charge on any atom is -0.367 e. The SMILES string of the molecule is O=S(=O)(c1ccccc1)N1CCNc2ncc(I)cc21. The highest BCUT2D eigenvalue weighted by Crippen LogP contribution is 2.32. The quantitative estimate of drug-likeness (QED) is 0.785. The second-order valence-corrected chi connectivity index (χ2v) is 7.45. The van der Waals surface area contributed by atoms with Gasteiger partial charge in [-0.1, -0.05) is 18.2 Å². The van der Waals surface area contributed by atoms with Gasteiger partial charge in [0, 0.05) is 16.3 Å². The topological polar surface area (TPSA) is 62.3 Å². The molecule has 1 aliphatic rings. The third-order valence-electron chi connectivity index (χ3n) is 3.04. The summed E-state index contributed by atoms with van der Waals surface area (Å²) < 4.78 is 27.8. The van der Waals surface area contributed by atoms with E-state index in [-0.39, 0.29) is 0 Å². The van der Waals surface area contributed by atoms with E-state index in [2.05, 4.69) is 32.9 Å². The largest absolute Gasteiger partial charge is 0.367 e. The number of hydrogen-bond acceptors (Lipinski definition) is 4. The van der Waals surface area contributed by atoms with Crippen LogP contribution < -0.4 is 9.62 Å². The molecule has 0 unspecified atom stereocenters. The molecule has 0 radical (unpaired) electrons. The first-order valence-corrected chi connectivity index (χ1v) is 8.58. The number of nitrogens with one attached hydrogen (secondary N) is 1. The molecule has 5 nitrogen and oxygen atoms in total. The van der Waals surface area contributed by atoms with E-state index in [4.69, 9.17) is 0 Å². The van der Waals surface area contributed by atoms with Crippen LogP contribution in [0.25, 0.3) is 0 Å². The molecule has 0 fully saturated rings. The van der Waals surface area contributed by atoms with Crippen molar-refractivity contribution < 1.29 is 8.42 Å². The second kappa shape index (κ2) is 5.21. The lowest BCUT2D eigenvalue weighted by molar-refractivity contribution is 0.590. The number of hydrogen-bond donors (Lipinski definition) is 1. The molecule has 1 N–H and O–H groups in total. The molecule has 0 amide bonds. The van der Waals surface area contributed by atoms with E-state index in [1.165, 1.54) is 4.31 Å². The molecule has 3 rings (SSSR count). The molecule has 1 aromatic carbocycles. The fraction of sp³-hybridized carbons (Fsp3) is 0.154. The number of rotatable bonds is 2. The average molecular weight is 401 g/mol. The van der Waals surface area contributed by atoms with E-state index in [9.17, 15) is 8.42 Å². The van der Waals surface area contributed by atoms with Crippen molar-refractivity contribution in [2.45, 2.75) is 4.90 Å². The van der Waals surface area contributed by atoms with E-state index >= 15 is 0 Å². The van der Waals surface area contributed by atoms with Gasteiger partial charge in [-0.2, -0.15) is 0 Å². The normalized spacial score (nSPS) is 14.6. The summed E-state index contributed by atoms with van der Waals surface area (Å²) in [5.74, 6) is 0.608. The Morgan fingerprint density at radius 1 is 1.25 bits per heavy atom. The first kappa shape index (κ1) is 13.6. The van der Waals surface area contributed by atoms with Crippen molar-refractivity contribution in [1.82, 2.24) is 4.98 Å². The fourth-order valence-corrected chi connectivity index (χ4v) is 4.04. The molecule has 20 heavy (non-hydrogen) atoms. The minimum absolute atomic E-state index is 0.298. The van der Waals surface area contributed by atoms with Gasteiger partial charge in [-0.3, -0.25) is 4.31 Å². The third-order valence-corrected chi connectivity index (χ3v) is 5.46. The van der Waals surface area contributed by atoms with Crippen LogP contribution >= 0.6 is 22.6 Å². The van der Waals surface area contributed by atoms with Gasteiger partial charge in [-0.25, -0.2) is 13.4 Å². The first-order chi connectivity index (χ1) is 9.59. The summed E-state index contributed by atoms with van der Waals surface area (Å²) in [6.45, 7) is 0.943. The molecule has 2 aromatic rings. The molecule has 2 heterocycles. The van der Waals surface area contributed by atoms with Gasteiger partial charge in [0.1, 0.15) is 0 Å². The highest BCUT2D eigenvalue weighted by molar-refractivity contribution is 14.1. The third kappa shape index (κ3) is 2.35. The van der Waals surface area contributed by atoms with Gasteiger partial charge in [-0.05, 0) is 40.8 Å². The molecule has 0 atom stereocenters. The monoisotopic (exact) mass is 401 g/mol. The van der Waals surface area contributed by atoms with Crippen LogP contribution in [0.4, 0.5) is 11.5 Å². The van der Waals surface area contributed by atoms with Gasteiger partial charge in [-0.15, -0.1) is 0 Å². The average Bonchev–Trinajstić information content (AvgIpc) is 2.47. The van der Waals surface area contributed by atoms with E-state index in [0.29, 0.717) is 29.5 Å². The lowest BCUT2D eigenvalue weighted by atomic mass is 10.3. The Bertz CT molecular complexity index is 735. The van der Waals surface area contributed by atoms with Crippen LogP contribution in [0.5, 0.6) is 0 Å². The maximum absolute atomic E-state index is 12.7. The number of anilines is 2. The zero-order chi connectivity index (χ0) is 14.2. The van der Waals surface area contributed by atoms with Crippen LogP contribution in [0.3, 0.4) is 0 Å². The Labute approximate surface area is 131 Å². The molecule has 0 spiro atoms. The van der Waals surface area contributed by atoms with E-state index in [1.807, 2.05) is 6.07 Å². The lowest BCUT2D eigenvalue weighted by Crippen LogP contribution is -2.39. The number of aromatic nitrogens is 1. The standard InChI is InChI=1S/C13H12IN3O2S/c14-10-8-12-13(16-9-10)15-6-7-17(12)20(18,19)11-4-2-1-3-5-11/h1-5,8-9H,6-7H2,(H,15,16). The van der Waals surface area contributed by atoms with Crippen LogP contribution in [0.15, 0.2) is 47.5 Å². The molecule has 0 saturated heterocycles. The molecular weight excluding hydrogens is 389 g/mol. The first-order valence-electron chi connectivity index (χ1n) is 6.06. The van der Waals surface area contributed by atoms with Gasteiger partial charge < -0.3 is 5.32 Å². The highest BCUT2D eigenvalue weighted by Gasteiger charge is 2.29. The number of benzene rings is 1. The van der Waals surface area contributed by atoms with E-state index in [0.717, 1.165) is 3.57 Å². The summed E-state index contributed by atoms with van der Waals surface area (Å²) in [6, 6.07) is 10.3. The van der Waals surface area contributed by atoms with Crippen molar-refractivity contribution in [3.63, 3.8) is 0 Å². The van der Waals surface area contributed by atoms with E-state index in [1.54, 1.807) is 36.5 Å². The smallest absolute Gasteiger partial charge is 0.264 e. The molecule has 104 valence electrons. The summed E-state index contributed by atoms with van der Waals surface area (Å²) in [6.07, 6.45) is 1.71. The van der Waals surface area contributed by atoms with Crippen molar-refractivity contribution >= 4 is 44.1 Å². The summed E-state index contributed by atoms with van der Waals surface area (Å²) in [4.78, 5) is 4.55. The summed E-state index contributed by atoms with van der Waals surface area (Å²) in [5.41, 5.74) is 0.604. The van der Waals surface area contributed by atoms with Gasteiger partial charge >= 0.3 is 0 Å². The van der Waals surface area contributed by atoms with Crippen molar-refractivity contribution in [2.24, 2.45) is 0 Å². The zero-order valence-corrected chi connectivity index (χ0v) is 13.4. The lowest BCUT2D eigenvalue weighted by Gasteiger charge is -2.30. The minimum atomic E-state index is -3.54. The number of sulfonamides is 1. The number of halogens is 1. The fourth-order valence-electron chi connectivity index (χ4n) is 2.12. The maximum Gasteiger partial charge on any atom is 0.264 e. The van der Waals surface area contributed by atoms with Crippen LogP contribution in [-0.4, -0.2) is 26.5 Å². The predicted molar refractivity (Wildman–Crippen MR) is 86.4 cm³/mol. The van der Waals surface area contributed by atoms with Crippen molar-refractivity contribution in [2.75, 3.05) is 22.7 Å². The number of nitrogens with zero attached hydrogens (tertiary/aromatic N) is 2. The molecule has 0 aliphatic carbocycles. The Balaban J connectivity index is 2.11. The highest BCUT2D eigenvalue weighted by atomic mass is 127. The predicted octanol–water partition coefficient (Wildman–Crippen LogP) is 2.31. The number of pyridine rings is 1. The van der Waals surface area contributed by atoms with Crippen molar-refractivity contribution in [3.8, 4) is 0 Å². The van der Waals surface area contributed by atoms with Gasteiger partial charge in [0.2, 0.25) is 0 Å². The molecule has 0 bridgehead atoms. The summed E-state index contributed by atoms with van der Waals surface area (Å²) in [5, 5.41) is 3.12. The molecule has 1 aromatic heterocycles.